The third-order valence-electron chi connectivity index (χ3n) is 5.51. The van der Waals surface area contributed by atoms with Crippen LogP contribution in [0, 0.1) is 11.8 Å². The molecule has 2 aromatic rings. The second-order valence-electron chi connectivity index (χ2n) is 6.90. The molecular weight excluding hydrogens is 268 g/mol. The number of benzene rings is 1. The summed E-state index contributed by atoms with van der Waals surface area (Å²) in [5.41, 5.74) is 3.98. The highest BCUT2D eigenvalue weighted by Crippen LogP contribution is 2.46. The lowest BCUT2D eigenvalue weighted by atomic mass is 9.86. The molecule has 1 saturated heterocycles. The van der Waals surface area contributed by atoms with Gasteiger partial charge in [0, 0.05) is 18.0 Å². The number of nitrogens with zero attached hydrogens (tertiary/aromatic N) is 1. The summed E-state index contributed by atoms with van der Waals surface area (Å²) in [5.74, 6) is 2.45. The first kappa shape index (κ1) is 14.0. The minimum absolute atomic E-state index is 0.709. The third kappa shape index (κ3) is 2.80. The van der Waals surface area contributed by atoms with E-state index in [0.29, 0.717) is 5.92 Å². The predicted molar refractivity (Wildman–Crippen MR) is 90.7 cm³/mol. The van der Waals surface area contributed by atoms with Gasteiger partial charge < -0.3 is 5.32 Å². The maximum absolute atomic E-state index is 4.55. The average Bonchev–Trinajstić information content (AvgIpc) is 2.99. The number of hydrogen-bond acceptors (Lipinski definition) is 2. The highest BCUT2D eigenvalue weighted by atomic mass is 14.9. The fraction of sp³-hybridized carbons (Fsp3) is 0.450. The van der Waals surface area contributed by atoms with Crippen molar-refractivity contribution in [3.63, 3.8) is 0 Å². The van der Waals surface area contributed by atoms with Crippen LogP contribution in [0.1, 0.15) is 37.2 Å². The number of fused-ring (bicyclic) bond motifs is 2. The van der Waals surface area contributed by atoms with Gasteiger partial charge in [-0.3, -0.25) is 4.98 Å². The van der Waals surface area contributed by atoms with Crippen LogP contribution in [0.25, 0.3) is 11.1 Å². The molecule has 1 aromatic carbocycles. The first-order chi connectivity index (χ1) is 10.9. The minimum Gasteiger partial charge on any atom is -0.317 e. The Labute approximate surface area is 133 Å². The van der Waals surface area contributed by atoms with Gasteiger partial charge in [-0.2, -0.15) is 0 Å². The molecule has 2 nitrogen and oxygen atoms in total. The van der Waals surface area contributed by atoms with E-state index < -0.39 is 0 Å². The van der Waals surface area contributed by atoms with Crippen LogP contribution in [0.3, 0.4) is 0 Å². The molecular formula is C20H24N2. The minimum atomic E-state index is 0.709. The highest BCUT2D eigenvalue weighted by Gasteiger charge is 2.35. The van der Waals surface area contributed by atoms with Crippen molar-refractivity contribution in [2.45, 2.75) is 31.6 Å². The maximum atomic E-state index is 4.55. The molecule has 3 atom stereocenters. The van der Waals surface area contributed by atoms with Crippen molar-refractivity contribution >= 4 is 0 Å². The van der Waals surface area contributed by atoms with Crippen molar-refractivity contribution in [3.05, 3.63) is 54.4 Å². The average molecular weight is 292 g/mol. The Bertz CT molecular complexity index is 623. The monoisotopic (exact) mass is 292 g/mol. The quantitative estimate of drug-likeness (QED) is 0.895. The SMILES string of the molecule is c1ccc(-c2cncc(C3CC4CCNCCC3C4)c2)cc1. The van der Waals surface area contributed by atoms with Crippen LogP contribution in [-0.4, -0.2) is 18.1 Å². The zero-order chi connectivity index (χ0) is 14.8. The van der Waals surface area contributed by atoms with Crippen LogP contribution >= 0.6 is 0 Å². The number of pyridine rings is 1. The van der Waals surface area contributed by atoms with Gasteiger partial charge in [0.15, 0.2) is 0 Å². The van der Waals surface area contributed by atoms with Crippen molar-refractivity contribution in [3.8, 4) is 11.1 Å². The summed E-state index contributed by atoms with van der Waals surface area (Å²) in [6, 6.07) is 13.0. The lowest BCUT2D eigenvalue weighted by Crippen LogP contribution is -2.23. The topological polar surface area (TPSA) is 24.9 Å². The molecule has 1 saturated carbocycles. The van der Waals surface area contributed by atoms with E-state index in [4.69, 9.17) is 0 Å². The van der Waals surface area contributed by atoms with Gasteiger partial charge in [0.05, 0.1) is 0 Å². The zero-order valence-electron chi connectivity index (χ0n) is 13.0. The Morgan fingerprint density at radius 2 is 1.77 bits per heavy atom. The third-order valence-corrected chi connectivity index (χ3v) is 5.51. The van der Waals surface area contributed by atoms with Gasteiger partial charge in [0.2, 0.25) is 0 Å². The molecule has 0 spiro atoms. The van der Waals surface area contributed by atoms with Gasteiger partial charge in [-0.1, -0.05) is 30.3 Å². The Morgan fingerprint density at radius 3 is 2.68 bits per heavy atom. The van der Waals surface area contributed by atoms with Crippen molar-refractivity contribution in [2.24, 2.45) is 11.8 Å². The van der Waals surface area contributed by atoms with Crippen molar-refractivity contribution < 1.29 is 0 Å². The Kier molecular flexibility index (Phi) is 3.94. The van der Waals surface area contributed by atoms with Crippen LogP contribution in [0.5, 0.6) is 0 Å². The molecule has 2 bridgehead atoms. The van der Waals surface area contributed by atoms with Crippen molar-refractivity contribution in [2.75, 3.05) is 13.1 Å². The predicted octanol–water partition coefficient (Wildman–Crippen LogP) is 4.24. The fourth-order valence-corrected chi connectivity index (χ4v) is 4.37. The van der Waals surface area contributed by atoms with Gasteiger partial charge in [-0.05, 0) is 73.7 Å². The van der Waals surface area contributed by atoms with Gasteiger partial charge >= 0.3 is 0 Å². The van der Waals surface area contributed by atoms with Gasteiger partial charge in [-0.15, -0.1) is 0 Å². The van der Waals surface area contributed by atoms with E-state index in [9.17, 15) is 0 Å². The molecule has 114 valence electrons. The van der Waals surface area contributed by atoms with Crippen LogP contribution in [0.2, 0.25) is 0 Å². The smallest absolute Gasteiger partial charge is 0.0346 e. The summed E-state index contributed by atoms with van der Waals surface area (Å²) in [6.07, 6.45) is 9.54. The van der Waals surface area contributed by atoms with E-state index in [1.807, 2.05) is 6.20 Å². The summed E-state index contributed by atoms with van der Waals surface area (Å²) in [7, 11) is 0. The molecule has 0 amide bonds. The highest BCUT2D eigenvalue weighted by molar-refractivity contribution is 5.63. The number of nitrogens with one attached hydrogen (secondary N) is 1. The van der Waals surface area contributed by atoms with Crippen LogP contribution in [-0.2, 0) is 0 Å². The van der Waals surface area contributed by atoms with E-state index >= 15 is 0 Å². The molecule has 3 unspecified atom stereocenters. The Balaban J connectivity index is 1.62. The lowest BCUT2D eigenvalue weighted by Gasteiger charge is -2.21. The van der Waals surface area contributed by atoms with Crippen molar-refractivity contribution in [1.82, 2.24) is 10.3 Å². The summed E-state index contributed by atoms with van der Waals surface area (Å²) >= 11 is 0. The number of aromatic nitrogens is 1. The van der Waals surface area contributed by atoms with Crippen LogP contribution in [0.4, 0.5) is 0 Å². The maximum Gasteiger partial charge on any atom is 0.0346 e. The van der Waals surface area contributed by atoms with E-state index in [2.05, 4.69) is 52.9 Å². The first-order valence-electron chi connectivity index (χ1n) is 8.61. The fourth-order valence-electron chi connectivity index (χ4n) is 4.37. The Morgan fingerprint density at radius 1 is 0.909 bits per heavy atom. The van der Waals surface area contributed by atoms with E-state index in [-0.39, 0.29) is 0 Å². The second-order valence-corrected chi connectivity index (χ2v) is 6.90. The molecule has 4 rings (SSSR count). The zero-order valence-corrected chi connectivity index (χ0v) is 13.0. The molecule has 22 heavy (non-hydrogen) atoms. The Hall–Kier alpha value is -1.67. The normalized spacial score (nSPS) is 28.1. The van der Waals surface area contributed by atoms with Crippen LogP contribution in [0.15, 0.2) is 48.8 Å². The number of rotatable bonds is 2. The molecule has 1 aromatic heterocycles. The second kappa shape index (κ2) is 6.21. The molecule has 2 fully saturated rings. The first-order valence-corrected chi connectivity index (χ1v) is 8.61. The van der Waals surface area contributed by atoms with Gasteiger partial charge in [0.1, 0.15) is 0 Å². The molecule has 1 N–H and O–H groups in total. The van der Waals surface area contributed by atoms with Crippen molar-refractivity contribution in [1.29, 1.82) is 0 Å². The summed E-state index contributed by atoms with van der Waals surface area (Å²) in [5, 5.41) is 3.58. The molecule has 2 aliphatic rings. The molecule has 1 aliphatic heterocycles. The lowest BCUT2D eigenvalue weighted by molar-refractivity contribution is 0.385. The van der Waals surface area contributed by atoms with Gasteiger partial charge in [-0.25, -0.2) is 0 Å². The number of hydrogen-bond donors (Lipinski definition) is 1. The van der Waals surface area contributed by atoms with E-state index in [0.717, 1.165) is 11.8 Å². The molecule has 1 aliphatic carbocycles. The summed E-state index contributed by atoms with van der Waals surface area (Å²) < 4.78 is 0. The molecule has 0 radical (unpaired) electrons. The van der Waals surface area contributed by atoms with E-state index in [1.165, 1.54) is 55.5 Å². The van der Waals surface area contributed by atoms with Gasteiger partial charge in [0.25, 0.3) is 0 Å². The van der Waals surface area contributed by atoms with E-state index in [1.54, 1.807) is 0 Å². The molecule has 2 heterocycles. The molecule has 2 heteroatoms. The summed E-state index contributed by atoms with van der Waals surface area (Å²) in [4.78, 5) is 4.55. The van der Waals surface area contributed by atoms with Crippen LogP contribution < -0.4 is 5.32 Å². The largest absolute Gasteiger partial charge is 0.317 e. The summed E-state index contributed by atoms with van der Waals surface area (Å²) in [6.45, 7) is 2.38. The standard InChI is InChI=1S/C20H24N2/c1-2-4-16(5-3-1)18-12-19(14-22-13-18)20-11-15-6-8-21-9-7-17(20)10-15/h1-5,12-15,17,20-21H,6-11H2.